The molecule has 1 saturated heterocycles. The number of nitrogens with zero attached hydrogens (tertiary/aromatic N) is 2. The molecule has 27 heavy (non-hydrogen) atoms. The summed E-state index contributed by atoms with van der Waals surface area (Å²) in [5, 5.41) is 3.02. The van der Waals surface area contributed by atoms with Crippen molar-refractivity contribution in [1.29, 1.82) is 0 Å². The summed E-state index contributed by atoms with van der Waals surface area (Å²) < 4.78 is 5.91. The minimum Gasteiger partial charge on any atom is -0.439 e. The average molecular weight is 361 g/mol. The number of piperidine rings is 1. The van der Waals surface area contributed by atoms with Crippen LogP contribution in [-0.4, -0.2) is 28.9 Å². The minimum atomic E-state index is -0.0116. The lowest BCUT2D eigenvalue weighted by Crippen LogP contribution is -2.40. The molecule has 2 aromatic carbocycles. The van der Waals surface area contributed by atoms with Gasteiger partial charge in [0.2, 0.25) is 11.8 Å². The zero-order valence-electron chi connectivity index (χ0n) is 15.2. The topological polar surface area (TPSA) is 58.4 Å². The smallest absolute Gasteiger partial charge is 0.228 e. The molecule has 1 N–H and O–H groups in total. The van der Waals surface area contributed by atoms with Crippen molar-refractivity contribution in [3.05, 3.63) is 72.8 Å². The summed E-state index contributed by atoms with van der Waals surface area (Å²) in [7, 11) is 0. The van der Waals surface area contributed by atoms with E-state index in [-0.39, 0.29) is 11.8 Å². The van der Waals surface area contributed by atoms with Gasteiger partial charge in [0.05, 0.1) is 18.7 Å². The number of carbonyl (C=O) groups is 1. The zero-order chi connectivity index (χ0) is 18.5. The van der Waals surface area contributed by atoms with Crippen LogP contribution in [0.25, 0.3) is 11.3 Å². The van der Waals surface area contributed by atoms with Crippen LogP contribution in [0.1, 0.15) is 18.7 Å². The quantitative estimate of drug-likeness (QED) is 0.740. The van der Waals surface area contributed by atoms with Crippen molar-refractivity contribution < 1.29 is 9.21 Å². The van der Waals surface area contributed by atoms with E-state index in [0.717, 1.165) is 42.9 Å². The first kappa shape index (κ1) is 17.5. The standard InChI is InChI=1S/C22H23N3O2/c26-22(24-19-11-5-2-6-12-19)18-10-7-13-25(15-18)16-21-23-14-20(27-21)17-8-3-1-4-9-17/h1-6,8-9,11-12,14,18H,7,10,13,15-16H2,(H,24,26). The lowest BCUT2D eigenvalue weighted by Gasteiger charge is -2.31. The molecule has 5 heteroatoms. The van der Waals surface area contributed by atoms with Gasteiger partial charge in [-0.1, -0.05) is 48.5 Å². The molecule has 0 aliphatic carbocycles. The van der Waals surface area contributed by atoms with Gasteiger partial charge in [0.1, 0.15) is 0 Å². The Labute approximate surface area is 159 Å². The van der Waals surface area contributed by atoms with E-state index >= 15 is 0 Å². The maximum Gasteiger partial charge on any atom is 0.228 e. The van der Waals surface area contributed by atoms with E-state index in [1.165, 1.54) is 0 Å². The SMILES string of the molecule is O=C(Nc1ccccc1)C1CCCN(Cc2ncc(-c3ccccc3)o2)C1. The summed E-state index contributed by atoms with van der Waals surface area (Å²) in [5.41, 5.74) is 1.87. The van der Waals surface area contributed by atoms with Gasteiger partial charge in [0.25, 0.3) is 0 Å². The Morgan fingerprint density at radius 3 is 2.63 bits per heavy atom. The predicted molar refractivity (Wildman–Crippen MR) is 105 cm³/mol. The lowest BCUT2D eigenvalue weighted by atomic mass is 9.97. The molecule has 0 spiro atoms. The highest BCUT2D eigenvalue weighted by Gasteiger charge is 2.26. The number of para-hydroxylation sites is 1. The highest BCUT2D eigenvalue weighted by atomic mass is 16.4. The van der Waals surface area contributed by atoms with Gasteiger partial charge >= 0.3 is 0 Å². The summed E-state index contributed by atoms with van der Waals surface area (Å²) in [6.07, 6.45) is 3.68. The number of hydrogen-bond donors (Lipinski definition) is 1. The fourth-order valence-corrected chi connectivity index (χ4v) is 3.49. The normalized spacial score (nSPS) is 17.6. The van der Waals surface area contributed by atoms with Crippen LogP contribution in [0.15, 0.2) is 71.3 Å². The number of rotatable bonds is 5. The van der Waals surface area contributed by atoms with Crippen molar-refractivity contribution in [1.82, 2.24) is 9.88 Å². The third-order valence-electron chi connectivity index (χ3n) is 4.89. The zero-order valence-corrected chi connectivity index (χ0v) is 15.2. The number of hydrogen-bond acceptors (Lipinski definition) is 4. The Hall–Kier alpha value is -2.92. The van der Waals surface area contributed by atoms with Gasteiger partial charge in [0.15, 0.2) is 5.76 Å². The Morgan fingerprint density at radius 2 is 1.85 bits per heavy atom. The molecular weight excluding hydrogens is 338 g/mol. The Morgan fingerprint density at radius 1 is 1.11 bits per heavy atom. The van der Waals surface area contributed by atoms with Crippen LogP contribution in [-0.2, 0) is 11.3 Å². The fraction of sp³-hybridized carbons (Fsp3) is 0.273. The second kappa shape index (κ2) is 8.18. The fourth-order valence-electron chi connectivity index (χ4n) is 3.49. The number of nitrogens with one attached hydrogen (secondary N) is 1. The van der Waals surface area contributed by atoms with Crippen molar-refractivity contribution >= 4 is 11.6 Å². The number of amides is 1. The molecule has 3 aromatic rings. The van der Waals surface area contributed by atoms with Crippen LogP contribution < -0.4 is 5.32 Å². The van der Waals surface area contributed by atoms with Crippen molar-refractivity contribution in [2.24, 2.45) is 5.92 Å². The third kappa shape index (κ3) is 4.44. The van der Waals surface area contributed by atoms with Crippen LogP contribution in [0.3, 0.4) is 0 Å². The van der Waals surface area contributed by atoms with E-state index in [1.807, 2.05) is 60.7 Å². The number of benzene rings is 2. The third-order valence-corrected chi connectivity index (χ3v) is 4.89. The molecule has 1 amide bonds. The van der Waals surface area contributed by atoms with Gasteiger partial charge in [0, 0.05) is 17.8 Å². The molecule has 1 aliphatic heterocycles. The Bertz CT molecular complexity index is 877. The molecule has 2 heterocycles. The summed E-state index contributed by atoms with van der Waals surface area (Å²) in [6, 6.07) is 19.6. The molecule has 1 unspecified atom stereocenters. The van der Waals surface area contributed by atoms with Crippen LogP contribution >= 0.6 is 0 Å². The summed E-state index contributed by atoms with van der Waals surface area (Å²) >= 11 is 0. The van der Waals surface area contributed by atoms with Gasteiger partial charge in [-0.15, -0.1) is 0 Å². The van der Waals surface area contributed by atoms with Crippen molar-refractivity contribution in [3.63, 3.8) is 0 Å². The van der Waals surface area contributed by atoms with E-state index in [9.17, 15) is 4.79 Å². The monoisotopic (exact) mass is 361 g/mol. The van der Waals surface area contributed by atoms with Crippen molar-refractivity contribution in [3.8, 4) is 11.3 Å². The summed E-state index contributed by atoms with van der Waals surface area (Å²) in [6.45, 7) is 2.31. The predicted octanol–water partition coefficient (Wildman–Crippen LogP) is 4.19. The van der Waals surface area contributed by atoms with E-state index in [1.54, 1.807) is 6.20 Å². The van der Waals surface area contributed by atoms with Crippen LogP contribution in [0.2, 0.25) is 0 Å². The molecule has 1 atom stereocenters. The highest BCUT2D eigenvalue weighted by molar-refractivity contribution is 5.92. The van der Waals surface area contributed by atoms with Crippen molar-refractivity contribution in [2.45, 2.75) is 19.4 Å². The second-order valence-electron chi connectivity index (χ2n) is 6.91. The van der Waals surface area contributed by atoms with E-state index in [2.05, 4.69) is 15.2 Å². The van der Waals surface area contributed by atoms with Gasteiger partial charge in [-0.2, -0.15) is 0 Å². The summed E-state index contributed by atoms with van der Waals surface area (Å²) in [4.78, 5) is 19.2. The first-order chi connectivity index (χ1) is 13.3. The molecule has 1 aliphatic rings. The maximum absolute atomic E-state index is 12.6. The average Bonchev–Trinajstić information content (AvgIpc) is 3.18. The number of anilines is 1. The maximum atomic E-state index is 12.6. The lowest BCUT2D eigenvalue weighted by molar-refractivity contribution is -0.121. The largest absolute Gasteiger partial charge is 0.439 e. The molecule has 1 fully saturated rings. The first-order valence-electron chi connectivity index (χ1n) is 9.36. The van der Waals surface area contributed by atoms with E-state index < -0.39 is 0 Å². The van der Waals surface area contributed by atoms with Gasteiger partial charge in [-0.05, 0) is 31.5 Å². The van der Waals surface area contributed by atoms with Crippen LogP contribution in [0, 0.1) is 5.92 Å². The molecule has 0 saturated carbocycles. The van der Waals surface area contributed by atoms with E-state index in [0.29, 0.717) is 12.4 Å². The molecule has 1 aromatic heterocycles. The summed E-state index contributed by atoms with van der Waals surface area (Å²) in [5.74, 6) is 1.55. The first-order valence-corrected chi connectivity index (χ1v) is 9.36. The van der Waals surface area contributed by atoms with Crippen molar-refractivity contribution in [2.75, 3.05) is 18.4 Å². The molecular formula is C22H23N3O2. The number of oxazole rings is 1. The number of likely N-dealkylation sites (tertiary alicyclic amines) is 1. The van der Waals surface area contributed by atoms with E-state index in [4.69, 9.17) is 4.42 Å². The van der Waals surface area contributed by atoms with Gasteiger partial charge in [-0.3, -0.25) is 9.69 Å². The molecule has 5 nitrogen and oxygen atoms in total. The van der Waals surface area contributed by atoms with Crippen LogP contribution in [0.5, 0.6) is 0 Å². The van der Waals surface area contributed by atoms with Crippen LogP contribution in [0.4, 0.5) is 5.69 Å². The number of carbonyl (C=O) groups excluding carboxylic acids is 1. The molecule has 4 rings (SSSR count). The second-order valence-corrected chi connectivity index (χ2v) is 6.91. The molecule has 138 valence electrons. The molecule has 0 bridgehead atoms. The Kier molecular flexibility index (Phi) is 5.30. The molecule has 0 radical (unpaired) electrons. The van der Waals surface area contributed by atoms with Gasteiger partial charge < -0.3 is 9.73 Å². The highest BCUT2D eigenvalue weighted by Crippen LogP contribution is 2.23. The van der Waals surface area contributed by atoms with Gasteiger partial charge in [-0.25, -0.2) is 4.98 Å². The minimum absolute atomic E-state index is 0.0116. The number of aromatic nitrogens is 1. The Balaban J connectivity index is 1.36.